The van der Waals surface area contributed by atoms with Crippen molar-refractivity contribution in [1.29, 1.82) is 0 Å². The predicted octanol–water partition coefficient (Wildman–Crippen LogP) is 3.86. The van der Waals surface area contributed by atoms with Crippen LogP contribution in [0.15, 0.2) is 58.9 Å². The Labute approximate surface area is 182 Å². The lowest BCUT2D eigenvalue weighted by molar-refractivity contribution is 0.487. The molecule has 5 heterocycles. The summed E-state index contributed by atoms with van der Waals surface area (Å²) in [5.74, 6) is 0.334. The largest absolute Gasteiger partial charge is 0.402 e. The first-order chi connectivity index (χ1) is 15.2. The number of imidazole rings is 1. The van der Waals surface area contributed by atoms with Crippen molar-refractivity contribution in [2.45, 2.75) is 19.4 Å². The molecule has 10 heteroatoms. The molecule has 0 saturated carbocycles. The monoisotopic (exact) mass is 434 g/mol. The van der Waals surface area contributed by atoms with Crippen LogP contribution >= 0.6 is 11.6 Å². The molecule has 1 atom stereocenters. The molecular formula is C21H19ClN8O. The van der Waals surface area contributed by atoms with E-state index in [1.807, 2.05) is 36.2 Å². The summed E-state index contributed by atoms with van der Waals surface area (Å²) in [4.78, 5) is 14.1. The van der Waals surface area contributed by atoms with Crippen LogP contribution in [0.5, 0.6) is 0 Å². The van der Waals surface area contributed by atoms with E-state index in [9.17, 15) is 0 Å². The Hall–Kier alpha value is -3.72. The van der Waals surface area contributed by atoms with Gasteiger partial charge >= 0.3 is 6.01 Å². The van der Waals surface area contributed by atoms with Gasteiger partial charge in [0, 0.05) is 31.1 Å². The summed E-state index contributed by atoms with van der Waals surface area (Å²) >= 11 is 6.37. The zero-order chi connectivity index (χ0) is 21.4. The lowest BCUT2D eigenvalue weighted by Gasteiger charge is -2.32. The first-order valence-corrected chi connectivity index (χ1v) is 10.1. The molecule has 0 saturated heterocycles. The van der Waals surface area contributed by atoms with E-state index in [0.717, 1.165) is 29.0 Å². The van der Waals surface area contributed by atoms with Crippen LogP contribution in [0.3, 0.4) is 0 Å². The van der Waals surface area contributed by atoms with Crippen molar-refractivity contribution in [3.05, 3.63) is 77.4 Å². The number of aromatic nitrogens is 6. The first kappa shape index (κ1) is 19.3. The Bertz CT molecular complexity index is 1310. The fourth-order valence-electron chi connectivity index (χ4n) is 3.74. The standard InChI is InChI=1S/C21H19ClN8O/c1-3-8-23-14(4-2)20-26-27-21(31-20)29-10-7-15-18(25-12-24-15)19(29)16-11-17-13(22)6-5-9-30(17)28-16/h3-6,8-9,11-12,19H,1,7,10H2,2H3,(H,24,25)/b14-4-,23-8-/t19-/m1/s1. The second kappa shape index (κ2) is 7.84. The minimum absolute atomic E-state index is 0.301. The van der Waals surface area contributed by atoms with Crippen LogP contribution in [-0.4, -0.2) is 42.5 Å². The number of H-pyrrole nitrogens is 1. The number of pyridine rings is 1. The van der Waals surface area contributed by atoms with Gasteiger partial charge in [-0.25, -0.2) is 9.50 Å². The molecule has 4 aromatic heterocycles. The van der Waals surface area contributed by atoms with E-state index in [1.54, 1.807) is 29.2 Å². The average Bonchev–Trinajstić information content (AvgIpc) is 3.53. The Morgan fingerprint density at radius 1 is 1.42 bits per heavy atom. The minimum Gasteiger partial charge on any atom is -0.402 e. The van der Waals surface area contributed by atoms with Crippen LogP contribution in [0.2, 0.25) is 5.02 Å². The highest BCUT2D eigenvalue weighted by atomic mass is 35.5. The number of aliphatic imine (C=N–C) groups is 1. The molecule has 0 aliphatic carbocycles. The molecule has 9 nitrogen and oxygen atoms in total. The maximum atomic E-state index is 6.37. The van der Waals surface area contributed by atoms with Crippen molar-refractivity contribution in [3.63, 3.8) is 0 Å². The van der Waals surface area contributed by atoms with E-state index in [-0.39, 0.29) is 6.04 Å². The average molecular weight is 435 g/mol. The molecular weight excluding hydrogens is 416 g/mol. The molecule has 1 aliphatic rings. The van der Waals surface area contributed by atoms with Gasteiger partial charge in [0.2, 0.25) is 0 Å². The van der Waals surface area contributed by atoms with Crippen molar-refractivity contribution in [2.75, 3.05) is 11.4 Å². The molecule has 0 aromatic carbocycles. The predicted molar refractivity (Wildman–Crippen MR) is 118 cm³/mol. The van der Waals surface area contributed by atoms with Crippen molar-refractivity contribution in [2.24, 2.45) is 4.99 Å². The first-order valence-electron chi connectivity index (χ1n) is 9.77. The Kier molecular flexibility index (Phi) is 4.87. The number of nitrogens with zero attached hydrogens (tertiary/aromatic N) is 7. The number of rotatable bonds is 5. The molecule has 0 fully saturated rings. The van der Waals surface area contributed by atoms with E-state index in [2.05, 4.69) is 31.7 Å². The van der Waals surface area contributed by atoms with E-state index in [4.69, 9.17) is 21.1 Å². The number of fused-ring (bicyclic) bond motifs is 2. The lowest BCUT2D eigenvalue weighted by Crippen LogP contribution is -2.36. The van der Waals surface area contributed by atoms with E-state index < -0.39 is 0 Å². The molecule has 5 rings (SSSR count). The fourth-order valence-corrected chi connectivity index (χ4v) is 3.95. The van der Waals surface area contributed by atoms with Crippen molar-refractivity contribution >= 4 is 35.0 Å². The smallest absolute Gasteiger partial charge is 0.319 e. The van der Waals surface area contributed by atoms with Gasteiger partial charge in [0.25, 0.3) is 5.89 Å². The zero-order valence-electron chi connectivity index (χ0n) is 16.7. The van der Waals surface area contributed by atoms with Gasteiger partial charge in [-0.05, 0) is 25.1 Å². The van der Waals surface area contributed by atoms with Gasteiger partial charge in [-0.15, -0.1) is 5.10 Å². The van der Waals surface area contributed by atoms with Crippen LogP contribution in [0, 0.1) is 0 Å². The van der Waals surface area contributed by atoms with Gasteiger partial charge in [0.05, 0.1) is 28.3 Å². The number of halogens is 1. The summed E-state index contributed by atoms with van der Waals surface area (Å²) in [7, 11) is 0. The third kappa shape index (κ3) is 3.32. The Morgan fingerprint density at radius 3 is 3.13 bits per heavy atom. The molecule has 1 aliphatic heterocycles. The normalized spacial score (nSPS) is 16.9. The van der Waals surface area contributed by atoms with Crippen LogP contribution < -0.4 is 4.90 Å². The van der Waals surface area contributed by atoms with E-state index in [1.165, 1.54) is 0 Å². The molecule has 1 N–H and O–H groups in total. The molecule has 0 amide bonds. The molecule has 31 heavy (non-hydrogen) atoms. The van der Waals surface area contributed by atoms with Gasteiger partial charge in [-0.2, -0.15) is 5.10 Å². The van der Waals surface area contributed by atoms with Gasteiger partial charge in [0.1, 0.15) is 11.7 Å². The summed E-state index contributed by atoms with van der Waals surface area (Å²) in [5, 5.41) is 13.9. The maximum Gasteiger partial charge on any atom is 0.319 e. The number of aromatic amines is 1. The molecule has 4 aromatic rings. The molecule has 0 unspecified atom stereocenters. The minimum atomic E-state index is -0.301. The van der Waals surface area contributed by atoms with Gasteiger partial charge in [0.15, 0.2) is 0 Å². The quantitative estimate of drug-likeness (QED) is 0.478. The van der Waals surface area contributed by atoms with Crippen molar-refractivity contribution < 1.29 is 4.42 Å². The molecule has 0 bridgehead atoms. The van der Waals surface area contributed by atoms with Gasteiger partial charge < -0.3 is 14.3 Å². The lowest BCUT2D eigenvalue weighted by atomic mass is 10.0. The highest BCUT2D eigenvalue weighted by Crippen LogP contribution is 2.37. The molecule has 156 valence electrons. The summed E-state index contributed by atoms with van der Waals surface area (Å²) in [6.45, 7) is 6.16. The number of nitrogens with one attached hydrogen (secondary N) is 1. The number of anilines is 1. The van der Waals surface area contributed by atoms with E-state index >= 15 is 0 Å². The van der Waals surface area contributed by atoms with Crippen LogP contribution in [0.4, 0.5) is 6.01 Å². The highest BCUT2D eigenvalue weighted by Gasteiger charge is 2.36. The van der Waals surface area contributed by atoms with E-state index in [0.29, 0.717) is 29.2 Å². The topological polar surface area (TPSA) is 100 Å². The second-order valence-corrected chi connectivity index (χ2v) is 7.35. The SMILES string of the molecule is C=C/C=N\C(=C/C)c1nnc(N2CCc3[nH]cnc3[C@H]2c2cc3c(Cl)cccn3n2)o1. The highest BCUT2D eigenvalue weighted by molar-refractivity contribution is 6.33. The molecule has 0 spiro atoms. The summed E-state index contributed by atoms with van der Waals surface area (Å²) in [6, 6.07) is 5.74. The Balaban J connectivity index is 1.59. The molecule has 0 radical (unpaired) electrons. The van der Waals surface area contributed by atoms with Gasteiger partial charge in [-0.3, -0.25) is 4.99 Å². The Morgan fingerprint density at radius 2 is 2.32 bits per heavy atom. The number of hydrogen-bond acceptors (Lipinski definition) is 7. The second-order valence-electron chi connectivity index (χ2n) is 6.94. The maximum absolute atomic E-state index is 6.37. The zero-order valence-corrected chi connectivity index (χ0v) is 17.5. The number of hydrogen-bond donors (Lipinski definition) is 1. The summed E-state index contributed by atoms with van der Waals surface area (Å²) < 4.78 is 7.76. The van der Waals surface area contributed by atoms with Gasteiger partial charge in [-0.1, -0.05) is 35.4 Å². The summed E-state index contributed by atoms with van der Waals surface area (Å²) in [5.41, 5.74) is 4.13. The third-order valence-electron chi connectivity index (χ3n) is 5.15. The third-order valence-corrected chi connectivity index (χ3v) is 5.47. The van der Waals surface area contributed by atoms with Crippen LogP contribution in [0.25, 0.3) is 11.2 Å². The fraction of sp³-hybridized carbons (Fsp3) is 0.190. The number of allylic oxidation sites excluding steroid dienone is 2. The van der Waals surface area contributed by atoms with Crippen LogP contribution in [-0.2, 0) is 6.42 Å². The van der Waals surface area contributed by atoms with Crippen molar-refractivity contribution in [1.82, 2.24) is 29.8 Å². The van der Waals surface area contributed by atoms with Crippen LogP contribution in [0.1, 0.15) is 35.9 Å². The summed E-state index contributed by atoms with van der Waals surface area (Å²) in [6.07, 6.45) is 9.31. The van der Waals surface area contributed by atoms with Crippen molar-refractivity contribution in [3.8, 4) is 0 Å².